The van der Waals surface area contributed by atoms with E-state index in [4.69, 9.17) is 9.47 Å². The second kappa shape index (κ2) is 74.3. The van der Waals surface area contributed by atoms with Gasteiger partial charge in [-0.1, -0.05) is 388 Å². The van der Waals surface area contributed by atoms with Crippen LogP contribution in [0.5, 0.6) is 0 Å². The Morgan fingerprint density at radius 1 is 0.286 bits per heavy atom. The maximum atomic E-state index is 12.4. The zero-order valence-corrected chi connectivity index (χ0v) is 56.2. The number of rotatable bonds is 69. The fourth-order valence-corrected chi connectivity index (χ4v) is 11.2. The number of hydrogen-bond donors (Lipinski definition) is 1. The third kappa shape index (κ3) is 71.6. The number of ether oxygens (including phenoxy) is 2. The van der Waals surface area contributed by atoms with Crippen molar-refractivity contribution in [2.75, 3.05) is 13.2 Å². The molecule has 0 aromatic carbocycles. The van der Waals surface area contributed by atoms with Gasteiger partial charge in [0.2, 0.25) is 0 Å². The number of carbonyl (C=O) groups excluding carboxylic acids is 2. The van der Waals surface area contributed by atoms with Crippen molar-refractivity contribution in [2.24, 2.45) is 0 Å². The van der Waals surface area contributed by atoms with Gasteiger partial charge in [0.1, 0.15) is 6.61 Å². The molecule has 0 saturated heterocycles. The molecule has 1 unspecified atom stereocenters. The Morgan fingerprint density at radius 2 is 0.512 bits per heavy atom. The van der Waals surface area contributed by atoms with Crippen LogP contribution in [-0.4, -0.2) is 36.4 Å². The second-order valence-electron chi connectivity index (χ2n) is 25.0. The van der Waals surface area contributed by atoms with Crippen LogP contribution in [-0.2, 0) is 19.1 Å². The van der Waals surface area contributed by atoms with Crippen molar-refractivity contribution in [3.05, 3.63) is 85.1 Å². The van der Waals surface area contributed by atoms with E-state index in [1.165, 1.54) is 276 Å². The quantitative estimate of drug-likeness (QED) is 0.0373. The van der Waals surface area contributed by atoms with Gasteiger partial charge in [0.25, 0.3) is 0 Å². The first-order chi connectivity index (χ1) is 41.6. The standard InChI is InChI=1S/C79H142O5/c1-3-5-7-9-11-13-15-17-19-21-23-25-27-29-31-33-35-37-39-41-43-45-47-49-51-53-55-57-59-61-63-65-67-69-71-73-78(81)83-76-77(75-80)84-79(82)74-72-70-68-66-64-62-60-58-56-54-52-50-48-46-44-42-40-38-36-34-32-30-28-26-24-22-20-18-16-14-12-10-8-6-4-2/h6,8,12,14,18,20,24,26,30,32,36,38,42,44,77,80H,3-5,7,9-11,13,15-17,19,21-23,25,27-29,31,33-35,37,39-41,43,45-76H2,1-2H3/b8-6-,14-12-,20-18-,26-24-,32-30-,38-36-,44-42-. The molecule has 0 aliphatic rings. The summed E-state index contributed by atoms with van der Waals surface area (Å²) in [4.78, 5) is 24.7. The average molecular weight is 1170 g/mol. The first-order valence-electron chi connectivity index (χ1n) is 37.1. The molecule has 0 aliphatic carbocycles. The molecule has 0 saturated carbocycles. The molecule has 0 heterocycles. The fourth-order valence-electron chi connectivity index (χ4n) is 11.2. The molecule has 5 nitrogen and oxygen atoms in total. The highest BCUT2D eigenvalue weighted by Gasteiger charge is 2.16. The summed E-state index contributed by atoms with van der Waals surface area (Å²) in [5.41, 5.74) is 0. The molecule has 0 aliphatic heterocycles. The van der Waals surface area contributed by atoms with Gasteiger partial charge in [-0.2, -0.15) is 0 Å². The lowest BCUT2D eigenvalue weighted by molar-refractivity contribution is -0.161. The Labute approximate surface area is 524 Å². The van der Waals surface area contributed by atoms with E-state index in [0.717, 1.165) is 83.5 Å². The largest absolute Gasteiger partial charge is 0.462 e. The van der Waals surface area contributed by atoms with Crippen LogP contribution in [0.1, 0.15) is 386 Å². The number of allylic oxidation sites excluding steroid dienone is 14. The molecule has 0 bridgehead atoms. The lowest BCUT2D eigenvalue weighted by atomic mass is 10.0. The van der Waals surface area contributed by atoms with Crippen molar-refractivity contribution in [1.82, 2.24) is 0 Å². The summed E-state index contributed by atoms with van der Waals surface area (Å²) in [5.74, 6) is -0.575. The second-order valence-corrected chi connectivity index (χ2v) is 25.0. The van der Waals surface area contributed by atoms with Crippen molar-refractivity contribution < 1.29 is 24.2 Å². The summed E-state index contributed by atoms with van der Waals surface area (Å²) in [6.07, 6.45) is 105. The van der Waals surface area contributed by atoms with E-state index in [1.807, 2.05) is 0 Å². The Hall–Kier alpha value is -2.92. The van der Waals surface area contributed by atoms with E-state index in [0.29, 0.717) is 12.8 Å². The topological polar surface area (TPSA) is 72.8 Å². The highest BCUT2D eigenvalue weighted by atomic mass is 16.6. The first-order valence-corrected chi connectivity index (χ1v) is 37.1. The molecule has 84 heavy (non-hydrogen) atoms. The molecule has 1 atom stereocenters. The SMILES string of the molecule is CC/C=C\C/C=C\C/C=C\C/C=C\C/C=C\C/C=C\C/C=C\CCCCCCCCCCCCCCCC(=O)OC(CO)COC(=O)CCCCCCCCCCCCCCCCCCCCCCCCCCCCCCCCCCCCC. The smallest absolute Gasteiger partial charge is 0.306 e. The molecule has 0 fully saturated rings. The Kier molecular flexibility index (Phi) is 71.7. The van der Waals surface area contributed by atoms with Crippen LogP contribution in [0.4, 0.5) is 0 Å². The van der Waals surface area contributed by atoms with Crippen LogP contribution >= 0.6 is 0 Å². The summed E-state index contributed by atoms with van der Waals surface area (Å²) >= 11 is 0. The normalized spacial score (nSPS) is 12.7. The highest BCUT2D eigenvalue weighted by molar-refractivity contribution is 5.70. The Bertz CT molecular complexity index is 1520. The monoisotopic (exact) mass is 1170 g/mol. The molecule has 0 aromatic rings. The lowest BCUT2D eigenvalue weighted by Crippen LogP contribution is -2.28. The Balaban J connectivity index is 3.43. The molecule has 0 amide bonds. The lowest BCUT2D eigenvalue weighted by Gasteiger charge is -2.15. The van der Waals surface area contributed by atoms with Crippen LogP contribution in [0.15, 0.2) is 85.1 Å². The molecule has 488 valence electrons. The summed E-state index contributed by atoms with van der Waals surface area (Å²) in [6, 6.07) is 0. The summed E-state index contributed by atoms with van der Waals surface area (Å²) in [6.45, 7) is 4.08. The average Bonchev–Trinajstić information content (AvgIpc) is 3.51. The van der Waals surface area contributed by atoms with E-state index in [1.54, 1.807) is 0 Å². The fraction of sp³-hybridized carbons (Fsp3) is 0.797. The van der Waals surface area contributed by atoms with Crippen LogP contribution < -0.4 is 0 Å². The first kappa shape index (κ1) is 81.1. The van der Waals surface area contributed by atoms with Crippen molar-refractivity contribution in [3.8, 4) is 0 Å². The minimum atomic E-state index is -0.776. The number of carbonyl (C=O) groups is 2. The Morgan fingerprint density at radius 3 is 0.774 bits per heavy atom. The number of esters is 2. The number of hydrogen-bond acceptors (Lipinski definition) is 5. The van der Waals surface area contributed by atoms with Crippen LogP contribution in [0.25, 0.3) is 0 Å². The minimum absolute atomic E-state index is 0.0643. The predicted octanol–water partition coefficient (Wildman–Crippen LogP) is 26.0. The van der Waals surface area contributed by atoms with E-state index >= 15 is 0 Å². The van der Waals surface area contributed by atoms with Gasteiger partial charge in [-0.25, -0.2) is 0 Å². The highest BCUT2D eigenvalue weighted by Crippen LogP contribution is 2.19. The molecule has 1 N–H and O–H groups in total. The zero-order valence-electron chi connectivity index (χ0n) is 56.2. The molecule has 0 spiro atoms. The van der Waals surface area contributed by atoms with Crippen LogP contribution in [0.3, 0.4) is 0 Å². The van der Waals surface area contributed by atoms with Gasteiger partial charge in [0, 0.05) is 12.8 Å². The third-order valence-corrected chi connectivity index (χ3v) is 16.7. The number of aliphatic hydroxyl groups is 1. The van der Waals surface area contributed by atoms with Gasteiger partial charge in [0.05, 0.1) is 6.61 Å². The van der Waals surface area contributed by atoms with E-state index in [-0.39, 0.29) is 25.2 Å². The zero-order chi connectivity index (χ0) is 60.5. The molecular formula is C79H142O5. The van der Waals surface area contributed by atoms with E-state index < -0.39 is 6.10 Å². The maximum Gasteiger partial charge on any atom is 0.306 e. The molecule has 5 heteroatoms. The van der Waals surface area contributed by atoms with Crippen molar-refractivity contribution >= 4 is 11.9 Å². The van der Waals surface area contributed by atoms with Gasteiger partial charge in [-0.15, -0.1) is 0 Å². The summed E-state index contributed by atoms with van der Waals surface area (Å²) in [7, 11) is 0. The number of unbranched alkanes of at least 4 members (excludes halogenated alkanes) is 47. The van der Waals surface area contributed by atoms with Crippen LogP contribution in [0.2, 0.25) is 0 Å². The maximum absolute atomic E-state index is 12.4. The number of aliphatic hydroxyl groups excluding tert-OH is 1. The predicted molar refractivity (Wildman–Crippen MR) is 371 cm³/mol. The summed E-state index contributed by atoms with van der Waals surface area (Å²) < 4.78 is 10.8. The van der Waals surface area contributed by atoms with Crippen LogP contribution in [0, 0.1) is 0 Å². The molecular weight excluding hydrogens is 1030 g/mol. The molecule has 0 aromatic heterocycles. The molecule has 0 rings (SSSR count). The minimum Gasteiger partial charge on any atom is -0.462 e. The van der Waals surface area contributed by atoms with Gasteiger partial charge in [-0.3, -0.25) is 9.59 Å². The van der Waals surface area contributed by atoms with Crippen molar-refractivity contribution in [1.29, 1.82) is 0 Å². The van der Waals surface area contributed by atoms with Gasteiger partial charge < -0.3 is 14.6 Å². The van der Waals surface area contributed by atoms with E-state index in [9.17, 15) is 14.7 Å². The van der Waals surface area contributed by atoms with Gasteiger partial charge in [0.15, 0.2) is 6.10 Å². The summed E-state index contributed by atoms with van der Waals surface area (Å²) in [5, 5.41) is 9.72. The third-order valence-electron chi connectivity index (χ3n) is 16.7. The van der Waals surface area contributed by atoms with Crippen molar-refractivity contribution in [2.45, 2.75) is 392 Å². The van der Waals surface area contributed by atoms with Gasteiger partial charge >= 0.3 is 11.9 Å². The van der Waals surface area contributed by atoms with Gasteiger partial charge in [-0.05, 0) is 70.6 Å². The molecule has 0 radical (unpaired) electrons. The van der Waals surface area contributed by atoms with Crippen molar-refractivity contribution in [3.63, 3.8) is 0 Å². The van der Waals surface area contributed by atoms with E-state index in [2.05, 4.69) is 98.9 Å².